The van der Waals surface area contributed by atoms with Crippen molar-refractivity contribution in [1.29, 1.82) is 0 Å². The molecule has 0 saturated carbocycles. The van der Waals surface area contributed by atoms with Gasteiger partial charge in [-0.2, -0.15) is 0 Å². The third kappa shape index (κ3) is 7.04. The van der Waals surface area contributed by atoms with E-state index in [4.69, 9.17) is 4.74 Å². The smallest absolute Gasteiger partial charge is 0.255 e. The lowest BCUT2D eigenvalue weighted by molar-refractivity contribution is 0.102. The minimum Gasteiger partial charge on any atom is -0.492 e. The molecule has 6 heteroatoms. The minimum absolute atomic E-state index is 0. The fourth-order valence-corrected chi connectivity index (χ4v) is 2.43. The van der Waals surface area contributed by atoms with Crippen LogP contribution in [0.3, 0.4) is 0 Å². The number of likely N-dealkylation sites (N-methyl/N-ethyl adjacent to an activating group) is 2. The van der Waals surface area contributed by atoms with E-state index < -0.39 is 0 Å². The van der Waals surface area contributed by atoms with E-state index in [1.165, 1.54) is 0 Å². The highest BCUT2D eigenvalue weighted by Crippen LogP contribution is 2.19. The van der Waals surface area contributed by atoms with E-state index in [2.05, 4.69) is 15.5 Å². The van der Waals surface area contributed by atoms with Crippen molar-refractivity contribution >= 4 is 24.0 Å². The number of nitrogens with zero attached hydrogens (tertiary/aromatic N) is 1. The number of benzene rings is 2. The van der Waals surface area contributed by atoms with Gasteiger partial charge in [-0.05, 0) is 57.9 Å². The summed E-state index contributed by atoms with van der Waals surface area (Å²) in [6.45, 7) is 2.28. The molecule has 1 amide bonds. The Bertz CT molecular complexity index is 692. The van der Waals surface area contributed by atoms with Crippen molar-refractivity contribution in [3.05, 3.63) is 59.7 Å². The SMILES string of the molecule is CNCCc1ccccc1C(=O)Nc1cccc(OCCN(C)C)c1.Cl. The number of carbonyl (C=O) groups is 1. The Hall–Kier alpha value is -2.08. The van der Waals surface area contributed by atoms with Crippen LogP contribution in [0.5, 0.6) is 5.75 Å². The molecule has 0 radical (unpaired) electrons. The summed E-state index contributed by atoms with van der Waals surface area (Å²) in [4.78, 5) is 14.7. The maximum absolute atomic E-state index is 12.6. The van der Waals surface area contributed by atoms with Crippen molar-refractivity contribution < 1.29 is 9.53 Å². The van der Waals surface area contributed by atoms with Gasteiger partial charge in [-0.25, -0.2) is 0 Å². The Morgan fingerprint density at radius 3 is 2.62 bits per heavy atom. The molecule has 0 aliphatic rings. The molecule has 0 fully saturated rings. The first-order valence-corrected chi connectivity index (χ1v) is 8.51. The molecule has 0 heterocycles. The molecule has 2 N–H and O–H groups in total. The van der Waals surface area contributed by atoms with E-state index in [9.17, 15) is 4.79 Å². The largest absolute Gasteiger partial charge is 0.492 e. The summed E-state index contributed by atoms with van der Waals surface area (Å²) in [6.07, 6.45) is 0.813. The second-order valence-electron chi connectivity index (χ2n) is 6.14. The molecule has 0 saturated heterocycles. The number of rotatable bonds is 9. The number of halogens is 1. The third-order valence-corrected chi connectivity index (χ3v) is 3.81. The van der Waals surface area contributed by atoms with Crippen molar-refractivity contribution in [3.63, 3.8) is 0 Å². The highest BCUT2D eigenvalue weighted by molar-refractivity contribution is 6.05. The van der Waals surface area contributed by atoms with Crippen molar-refractivity contribution in [1.82, 2.24) is 10.2 Å². The lowest BCUT2D eigenvalue weighted by atomic mass is 10.0. The average molecular weight is 378 g/mol. The van der Waals surface area contributed by atoms with Crippen LogP contribution in [0.2, 0.25) is 0 Å². The molecule has 0 aromatic heterocycles. The molecule has 0 aliphatic carbocycles. The zero-order valence-electron chi connectivity index (χ0n) is 15.6. The van der Waals surface area contributed by atoms with Crippen LogP contribution in [0.1, 0.15) is 15.9 Å². The zero-order chi connectivity index (χ0) is 18.1. The summed E-state index contributed by atoms with van der Waals surface area (Å²) >= 11 is 0. The van der Waals surface area contributed by atoms with Gasteiger partial charge >= 0.3 is 0 Å². The predicted molar refractivity (Wildman–Crippen MR) is 110 cm³/mol. The average Bonchev–Trinajstić information content (AvgIpc) is 2.60. The molecule has 26 heavy (non-hydrogen) atoms. The molecule has 2 aromatic rings. The van der Waals surface area contributed by atoms with E-state index in [1.807, 2.05) is 69.7 Å². The first-order valence-electron chi connectivity index (χ1n) is 8.51. The van der Waals surface area contributed by atoms with Crippen LogP contribution < -0.4 is 15.4 Å². The number of anilines is 1. The van der Waals surface area contributed by atoms with Gasteiger partial charge in [0, 0.05) is 23.9 Å². The Labute approximate surface area is 162 Å². The first-order chi connectivity index (χ1) is 12.1. The van der Waals surface area contributed by atoms with Crippen molar-refractivity contribution in [2.75, 3.05) is 46.2 Å². The Balaban J connectivity index is 0.00000338. The number of hydrogen-bond donors (Lipinski definition) is 2. The lowest BCUT2D eigenvalue weighted by Gasteiger charge is -2.13. The monoisotopic (exact) mass is 377 g/mol. The maximum atomic E-state index is 12.6. The summed E-state index contributed by atoms with van der Waals surface area (Å²) in [5, 5.41) is 6.08. The fraction of sp³-hybridized carbons (Fsp3) is 0.350. The van der Waals surface area contributed by atoms with Crippen molar-refractivity contribution in [2.45, 2.75) is 6.42 Å². The maximum Gasteiger partial charge on any atom is 0.255 e. The summed E-state index contributed by atoms with van der Waals surface area (Å²) in [6, 6.07) is 15.2. The Kier molecular flexibility index (Phi) is 9.73. The van der Waals surface area contributed by atoms with Crippen LogP contribution in [0.4, 0.5) is 5.69 Å². The van der Waals surface area contributed by atoms with Gasteiger partial charge in [0.1, 0.15) is 12.4 Å². The van der Waals surface area contributed by atoms with Gasteiger partial charge in [0.2, 0.25) is 0 Å². The number of amides is 1. The normalized spacial score (nSPS) is 10.3. The standard InChI is InChI=1S/C20H27N3O2.ClH/c1-21-12-11-16-7-4-5-10-19(16)20(24)22-17-8-6-9-18(15-17)25-14-13-23(2)3;/h4-10,15,21H,11-14H2,1-3H3,(H,22,24);1H. The van der Waals surface area contributed by atoms with Crippen LogP contribution in [0, 0.1) is 0 Å². The number of carbonyl (C=O) groups excluding carboxylic acids is 1. The second kappa shape index (κ2) is 11.5. The Morgan fingerprint density at radius 2 is 1.88 bits per heavy atom. The van der Waals surface area contributed by atoms with Crippen LogP contribution in [0.25, 0.3) is 0 Å². The van der Waals surface area contributed by atoms with Gasteiger partial charge in [-0.1, -0.05) is 24.3 Å². The van der Waals surface area contributed by atoms with Gasteiger partial charge in [0.25, 0.3) is 5.91 Å². The van der Waals surface area contributed by atoms with E-state index in [1.54, 1.807) is 0 Å². The quantitative estimate of drug-likeness (QED) is 0.705. The Morgan fingerprint density at radius 1 is 1.12 bits per heavy atom. The molecule has 0 bridgehead atoms. The number of nitrogens with one attached hydrogen (secondary N) is 2. The van der Waals surface area contributed by atoms with Crippen LogP contribution >= 0.6 is 12.4 Å². The number of ether oxygens (including phenoxy) is 1. The van der Waals surface area contributed by atoms with E-state index in [0.717, 1.165) is 36.5 Å². The minimum atomic E-state index is -0.0999. The van der Waals surface area contributed by atoms with Gasteiger partial charge in [0.15, 0.2) is 0 Å². The summed E-state index contributed by atoms with van der Waals surface area (Å²) in [7, 11) is 5.92. The second-order valence-corrected chi connectivity index (χ2v) is 6.14. The molecule has 0 unspecified atom stereocenters. The lowest BCUT2D eigenvalue weighted by Crippen LogP contribution is -2.19. The van der Waals surface area contributed by atoms with E-state index >= 15 is 0 Å². The fourth-order valence-electron chi connectivity index (χ4n) is 2.43. The highest BCUT2D eigenvalue weighted by atomic mass is 35.5. The van der Waals surface area contributed by atoms with E-state index in [0.29, 0.717) is 12.2 Å². The van der Waals surface area contributed by atoms with E-state index in [-0.39, 0.29) is 18.3 Å². The van der Waals surface area contributed by atoms with Crippen molar-refractivity contribution in [3.8, 4) is 5.75 Å². The molecule has 0 spiro atoms. The number of hydrogen-bond acceptors (Lipinski definition) is 4. The highest BCUT2D eigenvalue weighted by Gasteiger charge is 2.11. The third-order valence-electron chi connectivity index (χ3n) is 3.81. The molecule has 5 nitrogen and oxygen atoms in total. The predicted octanol–water partition coefficient (Wildman–Crippen LogP) is 3.06. The van der Waals surface area contributed by atoms with Crippen LogP contribution in [-0.2, 0) is 6.42 Å². The van der Waals surface area contributed by atoms with Gasteiger partial charge in [-0.15, -0.1) is 12.4 Å². The molecule has 0 atom stereocenters. The van der Waals surface area contributed by atoms with Crippen LogP contribution in [-0.4, -0.2) is 51.6 Å². The summed E-state index contributed by atoms with van der Waals surface area (Å²) in [5.74, 6) is 0.653. The van der Waals surface area contributed by atoms with Gasteiger partial charge in [0.05, 0.1) is 0 Å². The molecule has 142 valence electrons. The zero-order valence-corrected chi connectivity index (χ0v) is 16.4. The molecule has 2 rings (SSSR count). The molecule has 2 aromatic carbocycles. The van der Waals surface area contributed by atoms with Crippen LogP contribution in [0.15, 0.2) is 48.5 Å². The van der Waals surface area contributed by atoms with Gasteiger partial charge in [-0.3, -0.25) is 4.79 Å². The molecular weight excluding hydrogens is 350 g/mol. The molecular formula is C20H28ClN3O2. The first kappa shape index (κ1) is 22.0. The topological polar surface area (TPSA) is 53.6 Å². The summed E-state index contributed by atoms with van der Waals surface area (Å²) in [5.41, 5.74) is 2.47. The van der Waals surface area contributed by atoms with Gasteiger partial charge < -0.3 is 20.3 Å². The summed E-state index contributed by atoms with van der Waals surface area (Å²) < 4.78 is 5.72. The molecule has 0 aliphatic heterocycles. The van der Waals surface area contributed by atoms with Crippen molar-refractivity contribution in [2.24, 2.45) is 0 Å².